The molecule has 2 unspecified atom stereocenters. The Morgan fingerprint density at radius 3 is 2.67 bits per heavy atom. The van der Waals surface area contributed by atoms with Crippen LogP contribution < -0.4 is 5.32 Å². The Bertz CT molecular complexity index is 249. The van der Waals surface area contributed by atoms with Crippen molar-refractivity contribution in [3.63, 3.8) is 0 Å². The Hall–Kier alpha value is -0.120. The fraction of sp³-hybridized carbons (Fsp3) is 1.00. The zero-order valence-corrected chi connectivity index (χ0v) is 12.4. The highest BCUT2D eigenvalue weighted by Gasteiger charge is 2.41. The van der Waals surface area contributed by atoms with E-state index < -0.39 is 0 Å². The Kier molecular flexibility index (Phi) is 5.05. The Labute approximate surface area is 112 Å². The molecule has 0 bridgehead atoms. The Morgan fingerprint density at radius 2 is 2.00 bits per heavy atom. The number of ether oxygens (including phenoxy) is 1. The third-order valence-corrected chi connectivity index (χ3v) is 4.56. The van der Waals surface area contributed by atoms with Crippen molar-refractivity contribution in [2.45, 2.75) is 69.6 Å². The molecule has 0 amide bonds. The van der Waals surface area contributed by atoms with Crippen LogP contribution in [0.2, 0.25) is 0 Å². The lowest BCUT2D eigenvalue weighted by molar-refractivity contribution is -0.0358. The van der Waals surface area contributed by atoms with Gasteiger partial charge in [0.15, 0.2) is 0 Å². The van der Waals surface area contributed by atoms with E-state index in [0.29, 0.717) is 17.7 Å². The summed E-state index contributed by atoms with van der Waals surface area (Å²) in [5.74, 6) is 0. The SMILES string of the molecule is CC(CCN(C)C)NCC1CCC2(CCCC2)O1. The van der Waals surface area contributed by atoms with E-state index in [-0.39, 0.29) is 0 Å². The van der Waals surface area contributed by atoms with Crippen LogP contribution in [0.5, 0.6) is 0 Å². The molecule has 2 aliphatic rings. The molecule has 0 aromatic carbocycles. The van der Waals surface area contributed by atoms with Crippen molar-refractivity contribution in [1.29, 1.82) is 0 Å². The molecule has 1 saturated carbocycles. The minimum Gasteiger partial charge on any atom is -0.370 e. The third kappa shape index (κ3) is 3.94. The maximum Gasteiger partial charge on any atom is 0.0708 e. The molecule has 3 heteroatoms. The summed E-state index contributed by atoms with van der Waals surface area (Å²) >= 11 is 0. The molecular weight excluding hydrogens is 224 g/mol. The molecule has 1 N–H and O–H groups in total. The van der Waals surface area contributed by atoms with Crippen LogP contribution in [-0.2, 0) is 4.74 Å². The van der Waals surface area contributed by atoms with E-state index >= 15 is 0 Å². The first kappa shape index (κ1) is 14.3. The predicted molar refractivity (Wildman–Crippen MR) is 75.9 cm³/mol. The van der Waals surface area contributed by atoms with Crippen LogP contribution in [0.25, 0.3) is 0 Å². The van der Waals surface area contributed by atoms with Crippen molar-refractivity contribution in [1.82, 2.24) is 10.2 Å². The van der Waals surface area contributed by atoms with Crippen LogP contribution in [0.1, 0.15) is 51.9 Å². The molecule has 18 heavy (non-hydrogen) atoms. The van der Waals surface area contributed by atoms with Gasteiger partial charge in [-0.3, -0.25) is 0 Å². The average molecular weight is 254 g/mol. The van der Waals surface area contributed by atoms with Crippen LogP contribution in [0.15, 0.2) is 0 Å². The Balaban J connectivity index is 1.62. The quantitative estimate of drug-likeness (QED) is 0.788. The van der Waals surface area contributed by atoms with Gasteiger partial charge in [-0.05, 0) is 59.7 Å². The number of hydrogen-bond donors (Lipinski definition) is 1. The van der Waals surface area contributed by atoms with E-state index in [9.17, 15) is 0 Å². The fourth-order valence-corrected chi connectivity index (χ4v) is 3.31. The van der Waals surface area contributed by atoms with E-state index in [0.717, 1.165) is 13.1 Å². The number of nitrogens with one attached hydrogen (secondary N) is 1. The highest BCUT2D eigenvalue weighted by Crippen LogP contribution is 2.43. The molecule has 3 nitrogen and oxygen atoms in total. The highest BCUT2D eigenvalue weighted by molar-refractivity contribution is 4.93. The van der Waals surface area contributed by atoms with E-state index in [2.05, 4.69) is 31.2 Å². The van der Waals surface area contributed by atoms with Gasteiger partial charge >= 0.3 is 0 Å². The van der Waals surface area contributed by atoms with Gasteiger partial charge < -0.3 is 15.0 Å². The summed E-state index contributed by atoms with van der Waals surface area (Å²) in [6.07, 6.45) is 9.59. The number of hydrogen-bond acceptors (Lipinski definition) is 3. The van der Waals surface area contributed by atoms with Gasteiger partial charge in [-0.1, -0.05) is 12.8 Å². The van der Waals surface area contributed by atoms with E-state index in [4.69, 9.17) is 4.74 Å². The largest absolute Gasteiger partial charge is 0.370 e. The topological polar surface area (TPSA) is 24.5 Å². The lowest BCUT2D eigenvalue weighted by Gasteiger charge is -2.25. The van der Waals surface area contributed by atoms with Crippen molar-refractivity contribution >= 4 is 0 Å². The number of nitrogens with zero attached hydrogens (tertiary/aromatic N) is 1. The average Bonchev–Trinajstić information content (AvgIpc) is 2.95. The first-order valence-corrected chi connectivity index (χ1v) is 7.66. The first-order chi connectivity index (χ1) is 8.60. The molecule has 0 radical (unpaired) electrons. The highest BCUT2D eigenvalue weighted by atomic mass is 16.5. The van der Waals surface area contributed by atoms with Gasteiger partial charge in [0.25, 0.3) is 0 Å². The second-order valence-corrected chi connectivity index (χ2v) is 6.57. The first-order valence-electron chi connectivity index (χ1n) is 7.66. The molecule has 0 aromatic rings. The molecule has 1 aliphatic heterocycles. The molecule has 1 aliphatic carbocycles. The minimum absolute atomic E-state index is 0.291. The van der Waals surface area contributed by atoms with Gasteiger partial charge in [-0.25, -0.2) is 0 Å². The summed E-state index contributed by atoms with van der Waals surface area (Å²) in [7, 11) is 4.27. The summed E-state index contributed by atoms with van der Waals surface area (Å²) in [5, 5.41) is 3.63. The van der Waals surface area contributed by atoms with Gasteiger partial charge in [0.2, 0.25) is 0 Å². The molecule has 0 aromatic heterocycles. The summed E-state index contributed by atoms with van der Waals surface area (Å²) in [4.78, 5) is 2.25. The maximum atomic E-state index is 6.31. The molecule has 1 spiro atoms. The molecule has 1 saturated heterocycles. The third-order valence-electron chi connectivity index (χ3n) is 4.56. The van der Waals surface area contributed by atoms with Gasteiger partial charge in [0.05, 0.1) is 11.7 Å². The summed E-state index contributed by atoms with van der Waals surface area (Å²) < 4.78 is 6.31. The second-order valence-electron chi connectivity index (χ2n) is 6.57. The molecule has 2 atom stereocenters. The summed E-state index contributed by atoms with van der Waals surface area (Å²) in [5.41, 5.74) is 0.291. The van der Waals surface area contributed by atoms with Crippen LogP contribution in [0.3, 0.4) is 0 Å². The van der Waals surface area contributed by atoms with E-state index in [1.807, 2.05) is 0 Å². The Morgan fingerprint density at radius 1 is 1.28 bits per heavy atom. The van der Waals surface area contributed by atoms with Gasteiger partial charge in [-0.15, -0.1) is 0 Å². The fourth-order valence-electron chi connectivity index (χ4n) is 3.31. The van der Waals surface area contributed by atoms with Crippen molar-refractivity contribution in [2.24, 2.45) is 0 Å². The monoisotopic (exact) mass is 254 g/mol. The van der Waals surface area contributed by atoms with Crippen molar-refractivity contribution in [2.75, 3.05) is 27.2 Å². The standard InChI is InChI=1S/C15H30N2O/c1-13(7-11-17(2)3)16-12-14-6-10-15(18-14)8-4-5-9-15/h13-14,16H,4-12H2,1-3H3. The van der Waals surface area contributed by atoms with Gasteiger partial charge in [0.1, 0.15) is 0 Å². The van der Waals surface area contributed by atoms with Gasteiger partial charge in [-0.2, -0.15) is 0 Å². The molecule has 1 heterocycles. The summed E-state index contributed by atoms with van der Waals surface area (Å²) in [6, 6.07) is 0.594. The van der Waals surface area contributed by atoms with Gasteiger partial charge in [0, 0.05) is 12.6 Å². The van der Waals surface area contributed by atoms with Crippen LogP contribution in [0, 0.1) is 0 Å². The van der Waals surface area contributed by atoms with Crippen LogP contribution in [-0.4, -0.2) is 49.8 Å². The molecule has 2 fully saturated rings. The lowest BCUT2D eigenvalue weighted by Crippen LogP contribution is -2.36. The van der Waals surface area contributed by atoms with Crippen LogP contribution in [0.4, 0.5) is 0 Å². The predicted octanol–water partition coefficient (Wildman–Crippen LogP) is 2.41. The van der Waals surface area contributed by atoms with Crippen molar-refractivity contribution in [3.05, 3.63) is 0 Å². The zero-order chi connectivity index (χ0) is 13.0. The normalized spacial score (nSPS) is 28.3. The van der Waals surface area contributed by atoms with Crippen molar-refractivity contribution in [3.8, 4) is 0 Å². The van der Waals surface area contributed by atoms with E-state index in [1.54, 1.807) is 0 Å². The van der Waals surface area contributed by atoms with E-state index in [1.165, 1.54) is 44.9 Å². The zero-order valence-electron chi connectivity index (χ0n) is 12.4. The molecule has 2 rings (SSSR count). The maximum absolute atomic E-state index is 6.31. The minimum atomic E-state index is 0.291. The van der Waals surface area contributed by atoms with Crippen molar-refractivity contribution < 1.29 is 4.74 Å². The number of rotatable bonds is 6. The smallest absolute Gasteiger partial charge is 0.0708 e. The summed E-state index contributed by atoms with van der Waals surface area (Å²) in [6.45, 7) is 4.48. The molecular formula is C15H30N2O. The second kappa shape index (κ2) is 6.36. The lowest BCUT2D eigenvalue weighted by atomic mass is 9.98. The molecule has 106 valence electrons. The van der Waals surface area contributed by atoms with Crippen LogP contribution >= 0.6 is 0 Å².